The van der Waals surface area contributed by atoms with E-state index >= 15 is 0 Å². The van der Waals surface area contributed by atoms with Crippen LogP contribution >= 0.6 is 0 Å². The molecule has 0 saturated carbocycles. The lowest BCUT2D eigenvalue weighted by Crippen LogP contribution is -2.44. The van der Waals surface area contributed by atoms with Crippen LogP contribution in [0.1, 0.15) is 23.7 Å². The molecular formula is C28H24FN7O3. The fourth-order valence-electron chi connectivity index (χ4n) is 5.14. The summed E-state index contributed by atoms with van der Waals surface area (Å²) in [4.78, 5) is 40.3. The SMILES string of the molecule is CC(=O)c1cn(CC(=O)N2CC(F)C[C@H]2C(=O)Nc2ccc3cn[nH]c3c2)c2ccc(-c3ccnnc3)cc12. The van der Waals surface area contributed by atoms with Crippen molar-refractivity contribution in [1.29, 1.82) is 0 Å². The molecule has 2 N–H and O–H groups in total. The summed E-state index contributed by atoms with van der Waals surface area (Å²) in [5.74, 6) is -1.01. The number of alkyl halides is 1. The molecule has 0 aliphatic carbocycles. The smallest absolute Gasteiger partial charge is 0.247 e. The third-order valence-corrected chi connectivity index (χ3v) is 7.07. The van der Waals surface area contributed by atoms with E-state index in [-0.39, 0.29) is 25.3 Å². The number of hydrogen-bond acceptors (Lipinski definition) is 6. The number of nitrogens with zero attached hydrogens (tertiary/aromatic N) is 5. The van der Waals surface area contributed by atoms with E-state index in [2.05, 4.69) is 25.7 Å². The van der Waals surface area contributed by atoms with E-state index in [1.54, 1.807) is 41.5 Å². The standard InChI is InChI=1S/C28H24FN7O3/c1-16(37)23-14-35(25-5-3-17(8-22(23)25)18-6-7-30-31-11-18)15-27(38)36-13-20(29)9-26(36)28(39)33-21-4-2-19-12-32-34-24(19)10-21/h2-8,10-12,14,20,26H,9,13,15H2,1H3,(H,32,34)(H,33,39)/t20?,26-/m0/s1. The lowest BCUT2D eigenvalue weighted by molar-refractivity contribution is -0.137. The number of anilines is 1. The van der Waals surface area contributed by atoms with Crippen LogP contribution in [-0.4, -0.2) is 66.2 Å². The van der Waals surface area contributed by atoms with E-state index in [1.165, 1.54) is 11.8 Å². The zero-order chi connectivity index (χ0) is 27.1. The van der Waals surface area contributed by atoms with Crippen molar-refractivity contribution in [3.63, 3.8) is 0 Å². The summed E-state index contributed by atoms with van der Waals surface area (Å²) < 4.78 is 16.2. The van der Waals surface area contributed by atoms with Gasteiger partial charge in [0.1, 0.15) is 18.8 Å². The van der Waals surface area contributed by atoms with Crippen molar-refractivity contribution in [3.05, 3.63) is 72.8 Å². The third-order valence-electron chi connectivity index (χ3n) is 7.07. The van der Waals surface area contributed by atoms with Crippen LogP contribution in [0.25, 0.3) is 32.9 Å². The molecule has 6 rings (SSSR count). The summed E-state index contributed by atoms with van der Waals surface area (Å²) in [6, 6.07) is 11.7. The third kappa shape index (κ3) is 4.63. The maximum absolute atomic E-state index is 14.5. The van der Waals surface area contributed by atoms with Gasteiger partial charge in [0, 0.05) is 45.7 Å². The van der Waals surface area contributed by atoms with Crippen molar-refractivity contribution >= 4 is 45.1 Å². The second kappa shape index (κ2) is 9.75. The molecule has 39 heavy (non-hydrogen) atoms. The second-order valence-electron chi connectivity index (χ2n) is 9.65. The first kappa shape index (κ1) is 24.4. The molecule has 11 heteroatoms. The minimum Gasteiger partial charge on any atom is -0.337 e. The lowest BCUT2D eigenvalue weighted by atomic mass is 10.0. The molecule has 1 aliphatic heterocycles. The number of halogens is 1. The van der Waals surface area contributed by atoms with Crippen molar-refractivity contribution in [2.24, 2.45) is 0 Å². The predicted molar refractivity (Wildman–Crippen MR) is 143 cm³/mol. The van der Waals surface area contributed by atoms with E-state index in [0.29, 0.717) is 22.2 Å². The Morgan fingerprint density at radius 2 is 1.95 bits per heavy atom. The molecule has 2 aromatic carbocycles. The highest BCUT2D eigenvalue weighted by molar-refractivity contribution is 6.08. The van der Waals surface area contributed by atoms with Crippen molar-refractivity contribution in [3.8, 4) is 11.1 Å². The topological polar surface area (TPSA) is 126 Å². The number of fused-ring (bicyclic) bond motifs is 2. The zero-order valence-corrected chi connectivity index (χ0v) is 21.0. The van der Waals surface area contributed by atoms with Crippen molar-refractivity contribution in [2.45, 2.75) is 32.1 Å². The quantitative estimate of drug-likeness (QED) is 0.325. The van der Waals surface area contributed by atoms with Crippen LogP contribution in [-0.2, 0) is 16.1 Å². The molecule has 4 heterocycles. The first-order valence-electron chi connectivity index (χ1n) is 12.5. The number of hydrogen-bond donors (Lipinski definition) is 2. The molecule has 2 atom stereocenters. The Hall–Kier alpha value is -4.93. The number of aromatic nitrogens is 5. The van der Waals surface area contributed by atoms with Gasteiger partial charge in [-0.2, -0.15) is 15.3 Å². The van der Waals surface area contributed by atoms with Gasteiger partial charge < -0.3 is 14.8 Å². The monoisotopic (exact) mass is 525 g/mol. The minimum atomic E-state index is -1.31. The van der Waals surface area contributed by atoms with Crippen molar-refractivity contribution in [1.82, 2.24) is 29.9 Å². The van der Waals surface area contributed by atoms with Crippen LogP contribution in [0.5, 0.6) is 0 Å². The summed E-state index contributed by atoms with van der Waals surface area (Å²) in [5.41, 5.74) is 4.12. The molecule has 1 saturated heterocycles. The Balaban J connectivity index is 1.25. The van der Waals surface area contributed by atoms with Gasteiger partial charge >= 0.3 is 0 Å². The highest BCUT2D eigenvalue weighted by atomic mass is 19.1. The number of likely N-dealkylation sites (tertiary alicyclic amines) is 1. The number of ketones is 1. The first-order chi connectivity index (χ1) is 18.9. The maximum atomic E-state index is 14.5. The fraction of sp³-hybridized carbons (Fsp3) is 0.214. The van der Waals surface area contributed by atoms with Gasteiger partial charge in [-0.15, -0.1) is 0 Å². The number of carbonyl (C=O) groups is 3. The molecule has 10 nitrogen and oxygen atoms in total. The van der Waals surface area contributed by atoms with E-state index < -0.39 is 24.0 Å². The van der Waals surface area contributed by atoms with Gasteiger partial charge in [-0.3, -0.25) is 19.5 Å². The number of benzene rings is 2. The van der Waals surface area contributed by atoms with Gasteiger partial charge in [-0.25, -0.2) is 4.39 Å². The summed E-state index contributed by atoms with van der Waals surface area (Å²) in [7, 11) is 0. The molecule has 1 fully saturated rings. The molecule has 1 unspecified atom stereocenters. The number of rotatable bonds is 6. The average molecular weight is 526 g/mol. The van der Waals surface area contributed by atoms with Gasteiger partial charge in [0.25, 0.3) is 0 Å². The maximum Gasteiger partial charge on any atom is 0.247 e. The predicted octanol–water partition coefficient (Wildman–Crippen LogP) is 3.75. The molecule has 196 valence electrons. The Morgan fingerprint density at radius 1 is 1.08 bits per heavy atom. The molecular weight excluding hydrogens is 501 g/mol. The number of Topliss-reactive ketones (excluding diaryl/α,β-unsaturated/α-hetero) is 1. The van der Waals surface area contributed by atoms with Gasteiger partial charge in [-0.1, -0.05) is 6.07 Å². The Bertz CT molecular complexity index is 1730. The van der Waals surface area contributed by atoms with E-state index in [9.17, 15) is 18.8 Å². The van der Waals surface area contributed by atoms with Crippen LogP contribution in [0.4, 0.5) is 10.1 Å². The molecule has 5 aromatic rings. The number of amides is 2. The minimum absolute atomic E-state index is 0.0850. The normalized spacial score (nSPS) is 17.1. The molecule has 0 spiro atoms. The molecule has 2 amide bonds. The summed E-state index contributed by atoms with van der Waals surface area (Å²) >= 11 is 0. The number of aromatic amines is 1. The number of nitrogens with one attached hydrogen (secondary N) is 2. The Labute approximate surface area is 221 Å². The molecule has 0 radical (unpaired) electrons. The van der Waals surface area contributed by atoms with Gasteiger partial charge in [0.15, 0.2) is 5.78 Å². The van der Waals surface area contributed by atoms with Crippen LogP contribution in [0.15, 0.2) is 67.3 Å². The average Bonchev–Trinajstić information content (AvgIpc) is 3.65. The van der Waals surface area contributed by atoms with Crippen molar-refractivity contribution < 1.29 is 18.8 Å². The van der Waals surface area contributed by atoms with E-state index in [4.69, 9.17) is 0 Å². The van der Waals surface area contributed by atoms with E-state index in [0.717, 1.165) is 22.0 Å². The fourth-order valence-corrected chi connectivity index (χ4v) is 5.14. The van der Waals surface area contributed by atoms with Gasteiger partial charge in [0.05, 0.1) is 30.7 Å². The number of H-pyrrole nitrogens is 1. The summed E-state index contributed by atoms with van der Waals surface area (Å²) in [5, 5.41) is 18.9. The summed E-state index contributed by atoms with van der Waals surface area (Å²) in [6.45, 7) is 1.15. The molecule has 0 bridgehead atoms. The van der Waals surface area contributed by atoms with Crippen LogP contribution < -0.4 is 5.32 Å². The molecule has 1 aliphatic rings. The highest BCUT2D eigenvalue weighted by Crippen LogP contribution is 2.29. The van der Waals surface area contributed by atoms with Crippen molar-refractivity contribution in [2.75, 3.05) is 11.9 Å². The number of carbonyl (C=O) groups excluding carboxylic acids is 3. The molecule has 3 aromatic heterocycles. The zero-order valence-electron chi connectivity index (χ0n) is 21.0. The first-order valence-corrected chi connectivity index (χ1v) is 12.5. The van der Waals surface area contributed by atoms with Gasteiger partial charge in [0.2, 0.25) is 11.8 Å². The Morgan fingerprint density at radius 3 is 2.74 bits per heavy atom. The largest absolute Gasteiger partial charge is 0.337 e. The van der Waals surface area contributed by atoms with Crippen LogP contribution in [0, 0.1) is 0 Å². The second-order valence-corrected chi connectivity index (χ2v) is 9.65. The summed E-state index contributed by atoms with van der Waals surface area (Å²) in [6.07, 6.45) is 5.13. The van der Waals surface area contributed by atoms with Gasteiger partial charge in [-0.05, 0) is 48.9 Å². The van der Waals surface area contributed by atoms with E-state index in [1.807, 2.05) is 30.3 Å². The Kier molecular flexibility index (Phi) is 6.10. The lowest BCUT2D eigenvalue weighted by Gasteiger charge is -2.24. The van der Waals surface area contributed by atoms with Crippen LogP contribution in [0.3, 0.4) is 0 Å². The highest BCUT2D eigenvalue weighted by Gasteiger charge is 2.40. The van der Waals surface area contributed by atoms with Crippen LogP contribution in [0.2, 0.25) is 0 Å².